The summed E-state index contributed by atoms with van der Waals surface area (Å²) < 4.78 is 61.2. The maximum absolute atomic E-state index is 8.79. The number of imidazole rings is 1. The van der Waals surface area contributed by atoms with Gasteiger partial charge in [0.2, 0.25) is 0 Å². The largest absolute Gasteiger partial charge is 0.333 e. The number of fused-ring (bicyclic) bond motifs is 6. The number of benzene rings is 3. The second kappa shape index (κ2) is 6.60. The van der Waals surface area contributed by atoms with Gasteiger partial charge < -0.3 is 4.40 Å². The molecule has 135 valence electrons. The van der Waals surface area contributed by atoms with Gasteiger partial charge in [0.1, 0.15) is 0 Å². The predicted molar refractivity (Wildman–Crippen MR) is 109 cm³/mol. The summed E-state index contributed by atoms with van der Waals surface area (Å²) >= 11 is 0. The topological polar surface area (TPSA) is 17.3 Å². The van der Waals surface area contributed by atoms with Crippen molar-refractivity contribution in [3.63, 3.8) is 0 Å². The number of nitrogens with zero attached hydrogens (tertiary/aromatic N) is 2. The summed E-state index contributed by atoms with van der Waals surface area (Å²) in [4.78, 5) is 4.45. The molecule has 2 nitrogen and oxygen atoms in total. The van der Waals surface area contributed by atoms with Crippen molar-refractivity contribution in [1.82, 2.24) is 9.38 Å². The first-order valence-electron chi connectivity index (χ1n) is 11.9. The van der Waals surface area contributed by atoms with Gasteiger partial charge in [0, 0.05) is 40.1 Å². The average molecular weight is 535 g/mol. The van der Waals surface area contributed by atoms with Crippen molar-refractivity contribution in [3.05, 3.63) is 83.4 Å². The van der Waals surface area contributed by atoms with Gasteiger partial charge in [-0.2, -0.15) is 0 Å². The third kappa shape index (κ3) is 2.62. The second-order valence-corrected chi connectivity index (χ2v) is 6.47. The molecule has 0 unspecified atom stereocenters. The van der Waals surface area contributed by atoms with Crippen LogP contribution in [0.2, 0.25) is 0 Å². The van der Waals surface area contributed by atoms with Crippen LogP contribution in [-0.2, 0) is 20.1 Å². The second-order valence-electron chi connectivity index (χ2n) is 6.47. The Morgan fingerprint density at radius 3 is 2.59 bits per heavy atom. The zero-order valence-electron chi connectivity index (χ0n) is 22.0. The zero-order chi connectivity index (χ0) is 23.9. The zero-order valence-corrected chi connectivity index (χ0v) is 17.4. The first kappa shape index (κ1) is 11.4. The molecule has 0 aliphatic rings. The van der Waals surface area contributed by atoms with Crippen molar-refractivity contribution >= 4 is 27.3 Å². The van der Waals surface area contributed by atoms with Crippen LogP contribution < -0.4 is 0 Å². The van der Waals surface area contributed by atoms with Crippen LogP contribution in [0.25, 0.3) is 38.6 Å². The molecule has 0 saturated heterocycles. The molecule has 0 spiro atoms. The molecular formula is C24H19IrN2-. The first-order valence-corrected chi connectivity index (χ1v) is 8.36. The van der Waals surface area contributed by atoms with Gasteiger partial charge in [0.05, 0.1) is 16.8 Å². The molecule has 3 aromatic carbocycles. The number of aryl methyl sites for hydroxylation is 2. The van der Waals surface area contributed by atoms with Gasteiger partial charge in [-0.25, -0.2) is 0 Å². The van der Waals surface area contributed by atoms with Gasteiger partial charge in [-0.15, -0.1) is 29.6 Å². The number of hydrogen-bond acceptors (Lipinski definition) is 1. The van der Waals surface area contributed by atoms with E-state index < -0.39 is 0 Å². The molecule has 0 aliphatic carbocycles. The van der Waals surface area contributed by atoms with Gasteiger partial charge in [0.15, 0.2) is 0 Å². The summed E-state index contributed by atoms with van der Waals surface area (Å²) in [7, 11) is 0. The van der Waals surface area contributed by atoms with E-state index in [2.05, 4.69) is 11.1 Å². The fourth-order valence-electron chi connectivity index (χ4n) is 3.56. The van der Waals surface area contributed by atoms with Gasteiger partial charge in [-0.05, 0) is 44.7 Å². The fourth-order valence-corrected chi connectivity index (χ4v) is 3.56. The first-order chi connectivity index (χ1) is 15.6. The fraction of sp³-hybridized carbons (Fsp3) is 0.125. The summed E-state index contributed by atoms with van der Waals surface area (Å²) in [6, 6.07) is 7.45. The standard InChI is InChI=1S/C24H19N2.Ir/c1-15-11-12-21-20(13-15)18-9-4-5-10-19(18)24-25-14-22(26(21)24)23-16(2)7-6-8-17(23)3;/h4-9,11-14H,1-3H3;/q-1;/i4D,5D,9D,11D,12D,13D,14D;. The molecule has 5 aromatic rings. The number of hydrogen-bond donors (Lipinski definition) is 0. The Bertz CT molecular complexity index is 1650. The van der Waals surface area contributed by atoms with Crippen LogP contribution in [0.15, 0.2) is 60.6 Å². The van der Waals surface area contributed by atoms with Crippen molar-refractivity contribution in [2.75, 3.05) is 0 Å². The van der Waals surface area contributed by atoms with E-state index in [0.717, 1.165) is 16.7 Å². The van der Waals surface area contributed by atoms with E-state index in [1.165, 1.54) is 0 Å². The minimum absolute atomic E-state index is 0. The van der Waals surface area contributed by atoms with Crippen LogP contribution in [0.5, 0.6) is 0 Å². The number of pyridine rings is 1. The molecule has 27 heavy (non-hydrogen) atoms. The van der Waals surface area contributed by atoms with Gasteiger partial charge in [0.25, 0.3) is 0 Å². The minimum Gasteiger partial charge on any atom is -0.333 e. The Hall–Kier alpha value is -2.48. The van der Waals surface area contributed by atoms with Crippen LogP contribution in [0, 0.1) is 26.8 Å². The van der Waals surface area contributed by atoms with E-state index in [4.69, 9.17) is 9.60 Å². The maximum atomic E-state index is 8.79. The summed E-state index contributed by atoms with van der Waals surface area (Å²) in [5.74, 6) is 0. The van der Waals surface area contributed by atoms with Crippen molar-refractivity contribution in [1.29, 1.82) is 0 Å². The molecule has 3 heteroatoms. The van der Waals surface area contributed by atoms with Crippen LogP contribution in [-0.4, -0.2) is 9.38 Å². The van der Waals surface area contributed by atoms with Crippen molar-refractivity contribution in [3.8, 4) is 11.3 Å². The smallest absolute Gasteiger partial charge is 0.0853 e. The van der Waals surface area contributed by atoms with E-state index in [1.54, 1.807) is 11.3 Å². The van der Waals surface area contributed by atoms with Crippen molar-refractivity contribution in [2.45, 2.75) is 20.8 Å². The quantitative estimate of drug-likeness (QED) is 0.190. The summed E-state index contributed by atoms with van der Waals surface area (Å²) in [6.45, 7) is 5.43. The molecular weight excluding hydrogens is 508 g/mol. The molecule has 0 amide bonds. The molecule has 1 radical (unpaired) electrons. The van der Waals surface area contributed by atoms with E-state index in [1.807, 2.05) is 32.0 Å². The molecule has 0 aliphatic heterocycles. The van der Waals surface area contributed by atoms with E-state index in [-0.39, 0.29) is 95.4 Å². The normalized spacial score (nSPS) is 14.9. The summed E-state index contributed by atoms with van der Waals surface area (Å²) in [5.41, 5.74) is 3.70. The predicted octanol–water partition coefficient (Wildman–Crippen LogP) is 6.03. The number of rotatable bonds is 1. The summed E-state index contributed by atoms with van der Waals surface area (Å²) in [5, 5.41) is 0.679. The third-order valence-electron chi connectivity index (χ3n) is 4.72. The monoisotopic (exact) mass is 535 g/mol. The molecule has 5 rings (SSSR count). The van der Waals surface area contributed by atoms with Gasteiger partial charge in [-0.1, -0.05) is 41.2 Å². The third-order valence-corrected chi connectivity index (χ3v) is 4.72. The van der Waals surface area contributed by atoms with Gasteiger partial charge >= 0.3 is 0 Å². The Morgan fingerprint density at radius 1 is 1.04 bits per heavy atom. The van der Waals surface area contributed by atoms with E-state index in [9.17, 15) is 0 Å². The van der Waals surface area contributed by atoms with Crippen molar-refractivity contribution < 1.29 is 29.7 Å². The van der Waals surface area contributed by atoms with Crippen LogP contribution >= 0.6 is 0 Å². The number of aromatic nitrogens is 2. The van der Waals surface area contributed by atoms with Gasteiger partial charge in [-0.3, -0.25) is 4.98 Å². The molecule has 0 fully saturated rings. The molecule has 2 heterocycles. The Balaban J connectivity index is 0.00000274. The van der Waals surface area contributed by atoms with E-state index >= 15 is 0 Å². The SMILES string of the molecule is [2H]c1[c-]c2c(c([2H])c1[2H])c1c([2H])c(C)c([2H])c([2H])c1n1c(-c3c(C)cccc3C)c([2H])nc21.[Ir]. The van der Waals surface area contributed by atoms with Crippen LogP contribution in [0.3, 0.4) is 0 Å². The van der Waals surface area contributed by atoms with E-state index in [0.29, 0.717) is 5.69 Å². The molecule has 0 N–H and O–H groups in total. The molecule has 0 saturated carbocycles. The molecule has 0 bridgehead atoms. The maximum Gasteiger partial charge on any atom is 0.0853 e. The van der Waals surface area contributed by atoms with Crippen LogP contribution in [0.4, 0.5) is 0 Å². The molecule has 0 atom stereocenters. The minimum atomic E-state index is -0.334. The molecule has 2 aromatic heterocycles. The van der Waals surface area contributed by atoms with Crippen LogP contribution in [0.1, 0.15) is 26.3 Å². The Morgan fingerprint density at radius 2 is 1.81 bits per heavy atom. The summed E-state index contributed by atoms with van der Waals surface area (Å²) in [6.07, 6.45) is -0.0550. The van der Waals surface area contributed by atoms with Crippen molar-refractivity contribution in [2.24, 2.45) is 0 Å². The average Bonchev–Trinajstić information content (AvgIpc) is 3.10. The Kier molecular flexibility index (Phi) is 2.78. The Labute approximate surface area is 182 Å².